The maximum Gasteiger partial charge on any atom is 0.240 e. The Morgan fingerprint density at radius 3 is 2.71 bits per heavy atom. The van der Waals surface area contributed by atoms with Crippen molar-refractivity contribution in [2.24, 2.45) is 0 Å². The molecule has 118 valence electrons. The Morgan fingerprint density at radius 1 is 1.43 bits per heavy atom. The van der Waals surface area contributed by atoms with Gasteiger partial charge < -0.3 is 9.88 Å². The van der Waals surface area contributed by atoms with E-state index in [-0.39, 0.29) is 11.9 Å². The van der Waals surface area contributed by atoms with Crippen LogP contribution in [-0.4, -0.2) is 44.2 Å². The molecule has 1 aromatic heterocycles. The average molecular weight is 293 g/mol. The van der Waals surface area contributed by atoms with E-state index in [0.29, 0.717) is 0 Å². The topological polar surface area (TPSA) is 63.1 Å². The van der Waals surface area contributed by atoms with Crippen LogP contribution in [0.2, 0.25) is 0 Å². The summed E-state index contributed by atoms with van der Waals surface area (Å²) in [5.41, 5.74) is -0.472. The molecular formula is C15H27N5O. The van der Waals surface area contributed by atoms with Gasteiger partial charge in [0.15, 0.2) is 5.82 Å². The van der Waals surface area contributed by atoms with E-state index in [0.717, 1.165) is 31.9 Å². The maximum absolute atomic E-state index is 12.6. The number of hydrogen-bond acceptors (Lipinski definition) is 4. The predicted octanol–water partition coefficient (Wildman–Crippen LogP) is 1.74. The van der Waals surface area contributed by atoms with Crippen LogP contribution in [0.4, 0.5) is 0 Å². The van der Waals surface area contributed by atoms with E-state index in [1.165, 1.54) is 12.8 Å². The van der Waals surface area contributed by atoms with E-state index >= 15 is 0 Å². The van der Waals surface area contributed by atoms with Gasteiger partial charge in [0.05, 0.1) is 11.6 Å². The fraction of sp³-hybridized carbons (Fsp3) is 0.800. The quantitative estimate of drug-likeness (QED) is 0.868. The third-order valence-electron chi connectivity index (χ3n) is 4.30. The number of rotatable bonds is 6. The number of carbonyl (C=O) groups excluding carboxylic acids is 1. The number of amides is 1. The van der Waals surface area contributed by atoms with E-state index in [4.69, 9.17) is 0 Å². The molecule has 0 radical (unpaired) electrons. The highest BCUT2D eigenvalue weighted by Crippen LogP contribution is 2.22. The second-order valence-corrected chi connectivity index (χ2v) is 6.33. The summed E-state index contributed by atoms with van der Waals surface area (Å²) in [5, 5.41) is 11.2. The monoisotopic (exact) mass is 293 g/mol. The van der Waals surface area contributed by atoms with Crippen molar-refractivity contribution in [3.63, 3.8) is 0 Å². The van der Waals surface area contributed by atoms with Gasteiger partial charge in [-0.15, -0.1) is 10.2 Å². The molecule has 6 nitrogen and oxygen atoms in total. The minimum absolute atomic E-state index is 0.0583. The van der Waals surface area contributed by atoms with Gasteiger partial charge in [0.25, 0.3) is 0 Å². The number of carbonyl (C=O) groups is 1. The number of likely N-dealkylation sites (tertiary alicyclic amines) is 1. The molecule has 1 atom stereocenters. The van der Waals surface area contributed by atoms with Crippen molar-refractivity contribution in [1.82, 2.24) is 25.0 Å². The number of aryl methyl sites for hydroxylation is 1. The van der Waals surface area contributed by atoms with Gasteiger partial charge in [0.2, 0.25) is 5.91 Å². The molecule has 0 aliphatic carbocycles. The standard InChI is InChI=1S/C15H27N5O/c1-5-8-19-11-16-18-13(19)12(2)17-14(21)15(3,4)20-9-6-7-10-20/h11-12H,5-10H2,1-4H3,(H,17,21)/t12-/m1/s1. The van der Waals surface area contributed by atoms with Gasteiger partial charge in [-0.2, -0.15) is 0 Å². The first kappa shape index (κ1) is 15.9. The molecule has 1 saturated heterocycles. The largest absolute Gasteiger partial charge is 0.345 e. The normalized spacial score (nSPS) is 17.9. The van der Waals surface area contributed by atoms with E-state index in [1.54, 1.807) is 6.33 Å². The predicted molar refractivity (Wildman–Crippen MR) is 81.8 cm³/mol. The smallest absolute Gasteiger partial charge is 0.240 e. The van der Waals surface area contributed by atoms with Crippen molar-refractivity contribution in [1.29, 1.82) is 0 Å². The lowest BCUT2D eigenvalue weighted by atomic mass is 10.0. The van der Waals surface area contributed by atoms with E-state index in [9.17, 15) is 4.79 Å². The molecule has 2 heterocycles. The molecule has 0 spiro atoms. The Balaban J connectivity index is 2.02. The van der Waals surface area contributed by atoms with Gasteiger partial charge in [-0.05, 0) is 53.1 Å². The number of nitrogens with zero attached hydrogens (tertiary/aromatic N) is 4. The van der Waals surface area contributed by atoms with E-state index in [2.05, 4.69) is 27.3 Å². The van der Waals surface area contributed by atoms with Crippen LogP contribution in [0.1, 0.15) is 58.8 Å². The highest BCUT2D eigenvalue weighted by molar-refractivity contribution is 5.85. The van der Waals surface area contributed by atoms with Gasteiger partial charge in [-0.3, -0.25) is 9.69 Å². The maximum atomic E-state index is 12.6. The lowest BCUT2D eigenvalue weighted by Gasteiger charge is -2.34. The van der Waals surface area contributed by atoms with Gasteiger partial charge in [0, 0.05) is 6.54 Å². The van der Waals surface area contributed by atoms with Crippen LogP contribution in [0.25, 0.3) is 0 Å². The number of aromatic nitrogens is 3. The Morgan fingerprint density at radius 2 is 2.10 bits per heavy atom. The Hall–Kier alpha value is -1.43. The Labute approximate surface area is 126 Å². The van der Waals surface area contributed by atoms with E-state index < -0.39 is 5.54 Å². The molecule has 1 aliphatic rings. The van der Waals surface area contributed by atoms with Crippen molar-refractivity contribution in [3.05, 3.63) is 12.2 Å². The van der Waals surface area contributed by atoms with Gasteiger partial charge >= 0.3 is 0 Å². The van der Waals surface area contributed by atoms with Crippen molar-refractivity contribution >= 4 is 5.91 Å². The fourth-order valence-corrected chi connectivity index (χ4v) is 2.87. The van der Waals surface area contributed by atoms with Gasteiger partial charge in [0.1, 0.15) is 6.33 Å². The highest BCUT2D eigenvalue weighted by Gasteiger charge is 2.36. The first-order valence-corrected chi connectivity index (χ1v) is 7.90. The average Bonchev–Trinajstić information content (AvgIpc) is 3.10. The summed E-state index contributed by atoms with van der Waals surface area (Å²) in [6.07, 6.45) is 5.10. The van der Waals surface area contributed by atoms with Crippen LogP contribution in [-0.2, 0) is 11.3 Å². The molecule has 1 N–H and O–H groups in total. The van der Waals surface area contributed by atoms with Crippen LogP contribution < -0.4 is 5.32 Å². The highest BCUT2D eigenvalue weighted by atomic mass is 16.2. The Bertz CT molecular complexity index is 476. The summed E-state index contributed by atoms with van der Waals surface area (Å²) in [7, 11) is 0. The van der Waals surface area contributed by atoms with Crippen molar-refractivity contribution < 1.29 is 4.79 Å². The lowest BCUT2D eigenvalue weighted by Crippen LogP contribution is -2.54. The van der Waals surface area contributed by atoms with Gasteiger partial charge in [-0.1, -0.05) is 6.92 Å². The molecule has 6 heteroatoms. The molecule has 1 aliphatic heterocycles. The number of nitrogens with one attached hydrogen (secondary N) is 1. The summed E-state index contributed by atoms with van der Waals surface area (Å²) >= 11 is 0. The second-order valence-electron chi connectivity index (χ2n) is 6.33. The van der Waals surface area contributed by atoms with Crippen molar-refractivity contribution in [3.8, 4) is 0 Å². The van der Waals surface area contributed by atoms with Crippen LogP contribution in [0.15, 0.2) is 6.33 Å². The summed E-state index contributed by atoms with van der Waals surface area (Å²) in [6.45, 7) is 11.0. The van der Waals surface area contributed by atoms with Crippen LogP contribution in [0, 0.1) is 0 Å². The second kappa shape index (κ2) is 6.56. The molecular weight excluding hydrogens is 266 g/mol. The zero-order chi connectivity index (χ0) is 15.5. The molecule has 1 amide bonds. The third-order valence-corrected chi connectivity index (χ3v) is 4.30. The molecule has 0 aromatic carbocycles. The number of hydrogen-bond donors (Lipinski definition) is 1. The lowest BCUT2D eigenvalue weighted by molar-refractivity contribution is -0.131. The minimum Gasteiger partial charge on any atom is -0.345 e. The molecule has 1 aromatic rings. The first-order chi connectivity index (χ1) is 9.96. The summed E-state index contributed by atoms with van der Waals surface area (Å²) in [4.78, 5) is 14.9. The summed E-state index contributed by atoms with van der Waals surface area (Å²) in [6, 6.07) is -0.131. The van der Waals surface area contributed by atoms with Crippen molar-refractivity contribution in [2.75, 3.05) is 13.1 Å². The van der Waals surface area contributed by atoms with Crippen LogP contribution in [0.3, 0.4) is 0 Å². The molecule has 0 unspecified atom stereocenters. The summed E-state index contributed by atoms with van der Waals surface area (Å²) < 4.78 is 2.01. The Kier molecular flexibility index (Phi) is 4.98. The van der Waals surface area contributed by atoms with Crippen molar-refractivity contribution in [2.45, 2.75) is 65.1 Å². The molecule has 0 bridgehead atoms. The first-order valence-electron chi connectivity index (χ1n) is 7.90. The van der Waals surface area contributed by atoms with Gasteiger partial charge in [-0.25, -0.2) is 0 Å². The van der Waals surface area contributed by atoms with Crippen LogP contribution >= 0.6 is 0 Å². The third kappa shape index (κ3) is 3.43. The minimum atomic E-state index is -0.472. The zero-order valence-electron chi connectivity index (χ0n) is 13.6. The SMILES string of the molecule is CCCn1cnnc1[C@@H](C)NC(=O)C(C)(C)N1CCCC1. The molecule has 0 saturated carbocycles. The molecule has 1 fully saturated rings. The fourth-order valence-electron chi connectivity index (χ4n) is 2.87. The van der Waals surface area contributed by atoms with E-state index in [1.807, 2.05) is 25.3 Å². The summed E-state index contributed by atoms with van der Waals surface area (Å²) in [5.74, 6) is 0.880. The molecule has 21 heavy (non-hydrogen) atoms. The van der Waals surface area contributed by atoms with Crippen LogP contribution in [0.5, 0.6) is 0 Å². The zero-order valence-corrected chi connectivity index (χ0v) is 13.6. The molecule has 2 rings (SSSR count).